The van der Waals surface area contributed by atoms with Gasteiger partial charge in [0.2, 0.25) is 0 Å². The number of fused-ring (bicyclic) bond motifs is 1. The molecule has 0 aliphatic carbocycles. The molecule has 1 heterocycles. The van der Waals surface area contributed by atoms with Crippen molar-refractivity contribution in [2.45, 2.75) is 13.5 Å². The molecule has 0 radical (unpaired) electrons. The summed E-state index contributed by atoms with van der Waals surface area (Å²) < 4.78 is 12.1. The lowest BCUT2D eigenvalue weighted by Gasteiger charge is -2.08. The number of hydrogen-bond acceptors (Lipinski definition) is 3. The Morgan fingerprint density at radius 3 is 2.84 bits per heavy atom. The minimum absolute atomic E-state index is 0.349. The van der Waals surface area contributed by atoms with Crippen LogP contribution in [0.15, 0.2) is 42.6 Å². The molecule has 1 aromatic heterocycles. The second kappa shape index (κ2) is 5.61. The first-order valence-corrected chi connectivity index (χ1v) is 6.13. The van der Waals surface area contributed by atoms with Crippen molar-refractivity contribution >= 4 is 16.9 Å². The highest BCUT2D eigenvalue weighted by atomic mass is 16.5. The number of carbonyl (C=O) groups excluding carboxylic acids is 1. The minimum atomic E-state index is -0.349. The molecule has 0 saturated carbocycles. The quantitative estimate of drug-likeness (QED) is 0.612. The largest absolute Gasteiger partial charge is 0.497 e. The molecular weight excluding hydrogens is 242 g/mol. The molecule has 0 unspecified atom stereocenters. The van der Waals surface area contributed by atoms with Crippen LogP contribution >= 0.6 is 0 Å². The van der Waals surface area contributed by atoms with Gasteiger partial charge in [0, 0.05) is 22.7 Å². The first-order valence-electron chi connectivity index (χ1n) is 6.13. The van der Waals surface area contributed by atoms with E-state index in [4.69, 9.17) is 9.47 Å². The predicted octanol–water partition coefficient (Wildman–Crippen LogP) is 2.77. The van der Waals surface area contributed by atoms with Crippen LogP contribution in [-0.2, 0) is 16.1 Å². The lowest BCUT2D eigenvalue weighted by atomic mass is 10.2. The van der Waals surface area contributed by atoms with E-state index in [0.717, 1.165) is 16.7 Å². The molecule has 0 spiro atoms. The molecule has 1 aromatic carbocycles. The van der Waals surface area contributed by atoms with Crippen molar-refractivity contribution in [3.63, 3.8) is 0 Å². The van der Waals surface area contributed by atoms with Crippen LogP contribution in [0.2, 0.25) is 0 Å². The normalized spacial score (nSPS) is 10.4. The third-order valence-corrected chi connectivity index (χ3v) is 2.90. The minimum Gasteiger partial charge on any atom is -0.497 e. The molecule has 0 aliphatic rings. The maximum absolute atomic E-state index is 11.6. The molecule has 19 heavy (non-hydrogen) atoms. The fourth-order valence-corrected chi connectivity index (χ4v) is 1.95. The molecule has 0 aliphatic heterocycles. The lowest BCUT2D eigenvalue weighted by Crippen LogP contribution is -2.11. The van der Waals surface area contributed by atoms with Crippen molar-refractivity contribution in [3.05, 3.63) is 42.6 Å². The van der Waals surface area contributed by atoms with Crippen molar-refractivity contribution < 1.29 is 14.3 Å². The van der Waals surface area contributed by atoms with Gasteiger partial charge in [0.15, 0.2) is 0 Å². The number of rotatable bonds is 5. The molecule has 0 bridgehead atoms. The first-order chi connectivity index (χ1) is 9.15. The summed E-state index contributed by atoms with van der Waals surface area (Å²) >= 11 is 0. The Bertz CT molecular complexity index is 613. The molecule has 0 N–H and O–H groups in total. The standard InChI is InChI=1S/C15H17NO3/c1-4-19-15(17)11(2)10-16-8-7-12-9-13(18-3)5-6-14(12)16/h5-9H,2,4,10H2,1,3H3. The molecule has 2 aromatic rings. The number of methoxy groups -OCH3 is 1. The third-order valence-electron chi connectivity index (χ3n) is 2.90. The highest BCUT2D eigenvalue weighted by molar-refractivity contribution is 5.88. The number of ether oxygens (including phenoxy) is 2. The summed E-state index contributed by atoms with van der Waals surface area (Å²) in [6.07, 6.45) is 1.93. The topological polar surface area (TPSA) is 40.5 Å². The lowest BCUT2D eigenvalue weighted by molar-refractivity contribution is -0.138. The number of carbonyl (C=O) groups is 1. The maximum atomic E-state index is 11.6. The summed E-state index contributed by atoms with van der Waals surface area (Å²) in [6.45, 7) is 6.34. The van der Waals surface area contributed by atoms with Crippen LogP contribution in [0.3, 0.4) is 0 Å². The van der Waals surface area contributed by atoms with Crippen molar-refractivity contribution in [2.75, 3.05) is 13.7 Å². The number of aromatic nitrogens is 1. The molecule has 0 saturated heterocycles. The van der Waals surface area contributed by atoms with Crippen LogP contribution < -0.4 is 4.74 Å². The second-order valence-corrected chi connectivity index (χ2v) is 4.19. The number of esters is 1. The SMILES string of the molecule is C=C(Cn1ccc2cc(OC)ccc21)C(=O)OCC. The number of hydrogen-bond donors (Lipinski definition) is 0. The average molecular weight is 259 g/mol. The van der Waals surface area contributed by atoms with Gasteiger partial charge in [-0.3, -0.25) is 0 Å². The van der Waals surface area contributed by atoms with Gasteiger partial charge >= 0.3 is 5.97 Å². The van der Waals surface area contributed by atoms with Gasteiger partial charge in [0.25, 0.3) is 0 Å². The summed E-state index contributed by atoms with van der Waals surface area (Å²) in [6, 6.07) is 7.80. The Morgan fingerprint density at radius 1 is 1.37 bits per heavy atom. The van der Waals surface area contributed by atoms with E-state index in [-0.39, 0.29) is 5.97 Å². The van der Waals surface area contributed by atoms with Gasteiger partial charge in [-0.25, -0.2) is 4.79 Å². The van der Waals surface area contributed by atoms with Gasteiger partial charge in [-0.2, -0.15) is 0 Å². The highest BCUT2D eigenvalue weighted by Crippen LogP contribution is 2.22. The molecule has 100 valence electrons. The smallest absolute Gasteiger partial charge is 0.335 e. The molecular formula is C15H17NO3. The summed E-state index contributed by atoms with van der Waals surface area (Å²) in [7, 11) is 1.64. The fourth-order valence-electron chi connectivity index (χ4n) is 1.95. The Balaban J connectivity index is 2.22. The highest BCUT2D eigenvalue weighted by Gasteiger charge is 2.10. The summed E-state index contributed by atoms with van der Waals surface area (Å²) in [5.41, 5.74) is 1.47. The Morgan fingerprint density at radius 2 is 2.16 bits per heavy atom. The third kappa shape index (κ3) is 2.78. The van der Waals surface area contributed by atoms with Gasteiger partial charge in [0.05, 0.1) is 20.3 Å². The molecule has 0 amide bonds. The zero-order valence-electron chi connectivity index (χ0n) is 11.2. The predicted molar refractivity (Wildman–Crippen MR) is 74.3 cm³/mol. The summed E-state index contributed by atoms with van der Waals surface area (Å²) in [5.74, 6) is 0.465. The van der Waals surface area contributed by atoms with Gasteiger partial charge in [-0.15, -0.1) is 0 Å². The van der Waals surface area contributed by atoms with Crippen molar-refractivity contribution in [1.82, 2.24) is 4.57 Å². The van der Waals surface area contributed by atoms with Crippen LogP contribution in [0.25, 0.3) is 10.9 Å². The van der Waals surface area contributed by atoms with Crippen LogP contribution in [0.5, 0.6) is 5.75 Å². The zero-order valence-corrected chi connectivity index (χ0v) is 11.2. The zero-order chi connectivity index (χ0) is 13.8. The maximum Gasteiger partial charge on any atom is 0.335 e. The molecule has 2 rings (SSSR count). The summed E-state index contributed by atoms with van der Waals surface area (Å²) in [5, 5.41) is 1.07. The van der Waals surface area contributed by atoms with Crippen LogP contribution in [0, 0.1) is 0 Å². The Hall–Kier alpha value is -2.23. The second-order valence-electron chi connectivity index (χ2n) is 4.19. The van der Waals surface area contributed by atoms with Gasteiger partial charge in [-0.05, 0) is 31.2 Å². The van der Waals surface area contributed by atoms with Gasteiger partial charge in [-0.1, -0.05) is 6.58 Å². The Labute approximate surface area is 112 Å². The molecule has 4 heteroatoms. The van der Waals surface area contributed by atoms with E-state index in [2.05, 4.69) is 6.58 Å². The van der Waals surface area contributed by atoms with Crippen molar-refractivity contribution in [2.24, 2.45) is 0 Å². The fraction of sp³-hybridized carbons (Fsp3) is 0.267. The summed E-state index contributed by atoms with van der Waals surface area (Å²) in [4.78, 5) is 11.6. The van der Waals surface area contributed by atoms with E-state index in [1.54, 1.807) is 14.0 Å². The molecule has 4 nitrogen and oxygen atoms in total. The van der Waals surface area contributed by atoms with E-state index < -0.39 is 0 Å². The van der Waals surface area contributed by atoms with Gasteiger partial charge < -0.3 is 14.0 Å². The van der Waals surface area contributed by atoms with Gasteiger partial charge in [0.1, 0.15) is 5.75 Å². The van der Waals surface area contributed by atoms with E-state index in [9.17, 15) is 4.79 Å². The Kier molecular flexibility index (Phi) is 3.90. The van der Waals surface area contributed by atoms with Crippen molar-refractivity contribution in [1.29, 1.82) is 0 Å². The molecule has 0 fully saturated rings. The monoisotopic (exact) mass is 259 g/mol. The molecule has 0 atom stereocenters. The average Bonchev–Trinajstić information content (AvgIpc) is 2.81. The van der Waals surface area contributed by atoms with Crippen LogP contribution in [-0.4, -0.2) is 24.3 Å². The first kappa shape index (κ1) is 13.2. The number of nitrogens with zero attached hydrogens (tertiary/aromatic N) is 1. The van der Waals surface area contributed by atoms with E-state index in [1.807, 2.05) is 35.0 Å². The van der Waals surface area contributed by atoms with Crippen LogP contribution in [0.1, 0.15) is 6.92 Å². The van der Waals surface area contributed by atoms with E-state index >= 15 is 0 Å². The van der Waals surface area contributed by atoms with E-state index in [0.29, 0.717) is 18.7 Å². The van der Waals surface area contributed by atoms with Crippen molar-refractivity contribution in [3.8, 4) is 5.75 Å². The number of benzene rings is 1. The van der Waals surface area contributed by atoms with Crippen LogP contribution in [0.4, 0.5) is 0 Å². The van der Waals surface area contributed by atoms with E-state index in [1.165, 1.54) is 0 Å².